The molecule has 0 bridgehead atoms. The normalized spacial score (nSPS) is 10.2. The third-order valence-electron chi connectivity index (χ3n) is 5.11. The van der Waals surface area contributed by atoms with Crippen molar-refractivity contribution in [2.75, 3.05) is 13.2 Å². The first-order valence-electron chi connectivity index (χ1n) is 12.3. The zero-order valence-electron chi connectivity index (χ0n) is 20.3. The molecule has 33 heavy (non-hydrogen) atoms. The van der Waals surface area contributed by atoms with E-state index in [2.05, 4.69) is 23.4 Å². The summed E-state index contributed by atoms with van der Waals surface area (Å²) in [5.74, 6) is -0.888. The van der Waals surface area contributed by atoms with Gasteiger partial charge >= 0.3 is 11.9 Å². The number of benzene rings is 1. The lowest BCUT2D eigenvalue weighted by atomic mass is 10.1. The lowest BCUT2D eigenvalue weighted by Crippen LogP contribution is -2.15. The molecule has 0 aliphatic carbocycles. The summed E-state index contributed by atoms with van der Waals surface area (Å²) in [6.07, 6.45) is 15.3. The summed E-state index contributed by atoms with van der Waals surface area (Å²) in [5, 5.41) is 5.31. The maximum absolute atomic E-state index is 12.4. The van der Waals surface area contributed by atoms with Gasteiger partial charge in [-0.1, -0.05) is 94.7 Å². The predicted molar refractivity (Wildman–Crippen MR) is 134 cm³/mol. The van der Waals surface area contributed by atoms with Gasteiger partial charge in [0, 0.05) is 5.38 Å². The van der Waals surface area contributed by atoms with E-state index in [9.17, 15) is 9.59 Å². The molecule has 0 fully saturated rings. The Hall–Kier alpha value is -2.28. The second kappa shape index (κ2) is 20.3. The smallest absolute Gasteiger partial charge is 0.339 e. The van der Waals surface area contributed by atoms with Crippen molar-refractivity contribution in [3.63, 3.8) is 0 Å². The molecule has 6 nitrogen and oxygen atoms in total. The van der Waals surface area contributed by atoms with Crippen LogP contribution in [-0.2, 0) is 9.47 Å². The van der Waals surface area contributed by atoms with E-state index >= 15 is 0 Å². The van der Waals surface area contributed by atoms with Gasteiger partial charge in [-0.3, -0.25) is 0 Å². The van der Waals surface area contributed by atoms with Crippen molar-refractivity contribution in [3.8, 4) is 0 Å². The second-order valence-corrected chi connectivity index (χ2v) is 8.59. The number of hydrogen-bond acceptors (Lipinski definition) is 7. The number of esters is 2. The minimum atomic E-state index is -0.444. The highest BCUT2D eigenvalue weighted by molar-refractivity contribution is 7.03. The Morgan fingerprint density at radius 1 is 0.727 bits per heavy atom. The Balaban J connectivity index is 0.000000953. The third kappa shape index (κ3) is 14.5. The maximum Gasteiger partial charge on any atom is 0.339 e. The summed E-state index contributed by atoms with van der Waals surface area (Å²) < 4.78 is 14.2. The highest BCUT2D eigenvalue weighted by atomic mass is 32.1. The molecular weight excluding hydrogens is 436 g/mol. The molecule has 0 saturated heterocycles. The first-order chi connectivity index (χ1) is 16.2. The van der Waals surface area contributed by atoms with Gasteiger partial charge in [-0.15, -0.1) is 5.10 Å². The van der Waals surface area contributed by atoms with Crippen LogP contribution < -0.4 is 0 Å². The lowest BCUT2D eigenvalue weighted by Gasteiger charge is -2.10. The minimum absolute atomic E-state index is 0.293. The van der Waals surface area contributed by atoms with Crippen LogP contribution >= 0.6 is 11.5 Å². The van der Waals surface area contributed by atoms with E-state index in [4.69, 9.17) is 9.47 Å². The van der Waals surface area contributed by atoms with Crippen molar-refractivity contribution in [1.82, 2.24) is 9.59 Å². The van der Waals surface area contributed by atoms with Crippen LogP contribution in [0.5, 0.6) is 0 Å². The Labute approximate surface area is 203 Å². The van der Waals surface area contributed by atoms with E-state index < -0.39 is 11.9 Å². The van der Waals surface area contributed by atoms with Crippen molar-refractivity contribution in [1.29, 1.82) is 0 Å². The number of aromatic nitrogens is 2. The molecule has 0 aliphatic rings. The highest BCUT2D eigenvalue weighted by Crippen LogP contribution is 2.14. The van der Waals surface area contributed by atoms with Crippen molar-refractivity contribution < 1.29 is 19.1 Å². The molecule has 2 aromatic rings. The quantitative estimate of drug-likeness (QED) is 0.187. The number of nitrogens with zero attached hydrogens (tertiary/aromatic N) is 2. The first-order valence-corrected chi connectivity index (χ1v) is 13.2. The Morgan fingerprint density at radius 3 is 1.55 bits per heavy atom. The van der Waals surface area contributed by atoms with Crippen LogP contribution in [0, 0.1) is 0 Å². The molecule has 2 rings (SSSR count). The number of hydrogen-bond donors (Lipinski definition) is 0. The van der Waals surface area contributed by atoms with Crippen LogP contribution in [0.4, 0.5) is 0 Å². The Kier molecular flexibility index (Phi) is 17.7. The Morgan fingerprint density at radius 2 is 1.18 bits per heavy atom. The number of carbonyl (C=O) groups excluding carboxylic acids is 2. The van der Waals surface area contributed by atoms with Gasteiger partial charge in [0.25, 0.3) is 0 Å². The molecule has 0 atom stereocenters. The summed E-state index contributed by atoms with van der Waals surface area (Å²) in [6, 6.07) is 6.74. The molecule has 0 N–H and O–H groups in total. The fourth-order valence-corrected chi connectivity index (χ4v) is 3.50. The summed E-state index contributed by atoms with van der Waals surface area (Å²) >= 11 is 1.35. The molecule has 0 amide bonds. The van der Waals surface area contributed by atoms with Crippen molar-refractivity contribution in [2.24, 2.45) is 0 Å². The largest absolute Gasteiger partial charge is 0.462 e. The molecule has 184 valence electrons. The van der Waals surface area contributed by atoms with E-state index in [1.54, 1.807) is 30.5 Å². The van der Waals surface area contributed by atoms with Gasteiger partial charge in [0.1, 0.15) is 0 Å². The van der Waals surface area contributed by atoms with Crippen LogP contribution in [0.1, 0.15) is 112 Å². The van der Waals surface area contributed by atoms with E-state index in [1.165, 1.54) is 62.9 Å². The van der Waals surface area contributed by atoms with E-state index in [0.29, 0.717) is 24.3 Å². The van der Waals surface area contributed by atoms with Crippen LogP contribution in [0.2, 0.25) is 0 Å². The zero-order valence-corrected chi connectivity index (χ0v) is 21.1. The second-order valence-electron chi connectivity index (χ2n) is 7.94. The van der Waals surface area contributed by atoms with Crippen LogP contribution in [-0.4, -0.2) is 34.7 Å². The summed E-state index contributed by atoms with van der Waals surface area (Å²) in [6.45, 7) is 5.17. The molecular formula is C26H40N2O4S. The average Bonchev–Trinajstić information content (AvgIpc) is 3.43. The summed E-state index contributed by atoms with van der Waals surface area (Å²) in [7, 11) is 0. The molecule has 1 heterocycles. The van der Waals surface area contributed by atoms with E-state index in [1.807, 2.05) is 5.38 Å². The minimum Gasteiger partial charge on any atom is -0.462 e. The zero-order chi connectivity index (χ0) is 24.0. The van der Waals surface area contributed by atoms with Gasteiger partial charge in [0.15, 0.2) is 0 Å². The molecule has 0 unspecified atom stereocenters. The van der Waals surface area contributed by atoms with Gasteiger partial charge < -0.3 is 9.47 Å². The molecule has 1 aromatic carbocycles. The van der Waals surface area contributed by atoms with Gasteiger partial charge in [0.05, 0.1) is 30.5 Å². The molecule has 0 aliphatic heterocycles. The average molecular weight is 477 g/mol. The van der Waals surface area contributed by atoms with Crippen molar-refractivity contribution in [2.45, 2.75) is 90.9 Å². The van der Waals surface area contributed by atoms with Gasteiger partial charge in [-0.2, -0.15) is 0 Å². The van der Waals surface area contributed by atoms with Crippen LogP contribution in [0.15, 0.2) is 35.8 Å². The number of carbonyl (C=O) groups is 2. The van der Waals surface area contributed by atoms with Crippen LogP contribution in [0.25, 0.3) is 0 Å². The fourth-order valence-electron chi connectivity index (χ4n) is 3.23. The lowest BCUT2D eigenvalue weighted by molar-refractivity contribution is 0.0450. The first kappa shape index (κ1) is 28.8. The molecule has 1 aromatic heterocycles. The number of rotatable bonds is 16. The molecule has 0 spiro atoms. The predicted octanol–water partition coefficient (Wildman–Crippen LogP) is 7.26. The summed E-state index contributed by atoms with van der Waals surface area (Å²) in [5.41, 5.74) is 0.586. The van der Waals surface area contributed by atoms with Gasteiger partial charge in [0.2, 0.25) is 0 Å². The third-order valence-corrected chi connectivity index (χ3v) is 5.54. The summed E-state index contributed by atoms with van der Waals surface area (Å²) in [4.78, 5) is 24.7. The van der Waals surface area contributed by atoms with Crippen LogP contribution in [0.3, 0.4) is 0 Å². The molecule has 0 saturated carbocycles. The monoisotopic (exact) mass is 476 g/mol. The highest BCUT2D eigenvalue weighted by Gasteiger charge is 2.18. The van der Waals surface area contributed by atoms with E-state index in [-0.39, 0.29) is 0 Å². The van der Waals surface area contributed by atoms with E-state index in [0.717, 1.165) is 25.7 Å². The molecule has 0 radical (unpaired) electrons. The topological polar surface area (TPSA) is 78.4 Å². The van der Waals surface area contributed by atoms with Crippen molar-refractivity contribution >= 4 is 23.5 Å². The van der Waals surface area contributed by atoms with Gasteiger partial charge in [-0.05, 0) is 36.5 Å². The van der Waals surface area contributed by atoms with Crippen molar-refractivity contribution in [3.05, 3.63) is 47.0 Å². The number of unbranched alkanes of at least 4 members (excludes halogenated alkanes) is 10. The Bertz CT molecular complexity index is 671. The number of ether oxygens (including phenoxy) is 2. The standard InChI is InChI=1S/C24H38O4.C2H2N2S/c1-3-5-7-9-11-15-19-27-23(25)21-17-13-14-18-22(21)24(26)28-20-16-12-10-8-6-4-2;1-2-5-4-3-1/h13-14,17-18H,3-12,15-16,19-20H2,1-2H3;1-2H. The SMILES string of the molecule is CCCCCCCCOC(=O)c1ccccc1C(=O)OCCCCCCCC.c1csnn1. The molecule has 7 heteroatoms. The maximum atomic E-state index is 12.4. The van der Waals surface area contributed by atoms with Gasteiger partial charge in [-0.25, -0.2) is 9.59 Å². The fraction of sp³-hybridized carbons (Fsp3) is 0.615.